The smallest absolute Gasteiger partial charge is 0.0728 e. The highest BCUT2D eigenvalue weighted by Gasteiger charge is 2.28. The van der Waals surface area contributed by atoms with Crippen LogP contribution < -0.4 is 5.73 Å². The van der Waals surface area contributed by atoms with Gasteiger partial charge in [0.05, 0.1) is 13.2 Å². The molecule has 0 bridgehead atoms. The number of rotatable bonds is 1. The zero-order valence-electron chi connectivity index (χ0n) is 11.6. The predicted octanol–water partition coefficient (Wildman–Crippen LogP) is 3.72. The number of ether oxygens (including phenoxy) is 1. The van der Waals surface area contributed by atoms with Crippen molar-refractivity contribution in [3.05, 3.63) is 28.3 Å². The highest BCUT2D eigenvalue weighted by atomic mass is 16.5. The van der Waals surface area contributed by atoms with Gasteiger partial charge in [0.2, 0.25) is 0 Å². The summed E-state index contributed by atoms with van der Waals surface area (Å²) in [4.78, 5) is 0. The Balaban J connectivity index is 2.71. The molecule has 2 nitrogen and oxygen atoms in total. The van der Waals surface area contributed by atoms with Crippen LogP contribution in [0.1, 0.15) is 62.8 Å². The van der Waals surface area contributed by atoms with Gasteiger partial charge in [0, 0.05) is 5.69 Å². The number of hydrogen-bond donors (Lipinski definition) is 1. The van der Waals surface area contributed by atoms with Gasteiger partial charge < -0.3 is 10.5 Å². The molecule has 2 heteroatoms. The molecule has 1 aromatic rings. The van der Waals surface area contributed by atoms with E-state index in [1.807, 2.05) is 0 Å². The molecule has 0 fully saturated rings. The van der Waals surface area contributed by atoms with E-state index in [9.17, 15) is 0 Å². The van der Waals surface area contributed by atoms with Gasteiger partial charge in [0.25, 0.3) is 0 Å². The van der Waals surface area contributed by atoms with Crippen molar-refractivity contribution in [1.82, 2.24) is 0 Å². The van der Waals surface area contributed by atoms with Crippen LogP contribution in [0.25, 0.3) is 0 Å². The molecule has 0 aromatic heterocycles. The largest absolute Gasteiger partial charge is 0.398 e. The van der Waals surface area contributed by atoms with Crippen LogP contribution in [0.3, 0.4) is 0 Å². The van der Waals surface area contributed by atoms with Gasteiger partial charge in [-0.15, -0.1) is 0 Å². The second kappa shape index (κ2) is 4.02. The number of fused-ring (bicyclic) bond motifs is 1. The molecule has 0 saturated carbocycles. The van der Waals surface area contributed by atoms with Gasteiger partial charge in [-0.25, -0.2) is 0 Å². The van der Waals surface area contributed by atoms with Crippen molar-refractivity contribution in [2.24, 2.45) is 0 Å². The first-order valence-electron chi connectivity index (χ1n) is 6.34. The molecule has 17 heavy (non-hydrogen) atoms. The standard InChI is InChI=1S/C15H23NO/c1-9(2)11-6-10-7-17-8-12(10)13(14(11)16)15(3,4)5/h6,9H,7-8,16H2,1-5H3. The second-order valence-electron chi connectivity index (χ2n) is 6.29. The van der Waals surface area contributed by atoms with E-state index in [4.69, 9.17) is 10.5 Å². The fraction of sp³-hybridized carbons (Fsp3) is 0.600. The molecule has 0 radical (unpaired) electrons. The zero-order valence-corrected chi connectivity index (χ0v) is 11.6. The fourth-order valence-electron chi connectivity index (χ4n) is 2.71. The van der Waals surface area contributed by atoms with Gasteiger partial charge >= 0.3 is 0 Å². The topological polar surface area (TPSA) is 35.2 Å². The highest BCUT2D eigenvalue weighted by molar-refractivity contribution is 5.63. The molecular formula is C15H23NO. The van der Waals surface area contributed by atoms with E-state index >= 15 is 0 Å². The minimum atomic E-state index is 0.0762. The lowest BCUT2D eigenvalue weighted by atomic mass is 9.79. The molecule has 94 valence electrons. The third-order valence-electron chi connectivity index (χ3n) is 3.48. The molecule has 1 aliphatic rings. The van der Waals surface area contributed by atoms with Crippen LogP contribution in [-0.2, 0) is 23.4 Å². The third kappa shape index (κ3) is 2.06. The molecule has 0 saturated heterocycles. The van der Waals surface area contributed by atoms with Crippen molar-refractivity contribution >= 4 is 5.69 Å². The lowest BCUT2D eigenvalue weighted by Gasteiger charge is -2.27. The van der Waals surface area contributed by atoms with E-state index in [-0.39, 0.29) is 5.41 Å². The third-order valence-corrected chi connectivity index (χ3v) is 3.48. The summed E-state index contributed by atoms with van der Waals surface area (Å²) in [6, 6.07) is 2.23. The lowest BCUT2D eigenvalue weighted by molar-refractivity contribution is 0.134. The Morgan fingerprint density at radius 3 is 2.41 bits per heavy atom. The van der Waals surface area contributed by atoms with Gasteiger partial charge in [-0.2, -0.15) is 0 Å². The van der Waals surface area contributed by atoms with Gasteiger partial charge in [-0.3, -0.25) is 0 Å². The average Bonchev–Trinajstić information content (AvgIpc) is 2.60. The predicted molar refractivity (Wildman–Crippen MR) is 72.1 cm³/mol. The van der Waals surface area contributed by atoms with Crippen molar-refractivity contribution in [1.29, 1.82) is 0 Å². The summed E-state index contributed by atoms with van der Waals surface area (Å²) in [6.07, 6.45) is 0. The lowest BCUT2D eigenvalue weighted by Crippen LogP contribution is -2.19. The van der Waals surface area contributed by atoms with Crippen molar-refractivity contribution in [2.45, 2.75) is 59.2 Å². The number of nitrogens with two attached hydrogens (primary N) is 1. The Bertz CT molecular complexity index is 441. The quantitative estimate of drug-likeness (QED) is 0.750. The summed E-state index contributed by atoms with van der Waals surface area (Å²) in [5.74, 6) is 0.460. The van der Waals surface area contributed by atoms with Crippen LogP contribution in [0.5, 0.6) is 0 Å². The Morgan fingerprint density at radius 2 is 1.88 bits per heavy atom. The maximum absolute atomic E-state index is 6.39. The molecule has 1 aromatic carbocycles. The van der Waals surface area contributed by atoms with Crippen molar-refractivity contribution in [3.8, 4) is 0 Å². The molecule has 1 aliphatic heterocycles. The SMILES string of the molecule is CC(C)c1cc2c(c(C(C)(C)C)c1N)COC2. The maximum atomic E-state index is 6.39. The van der Waals surface area contributed by atoms with E-state index in [1.54, 1.807) is 0 Å². The first-order chi connectivity index (χ1) is 7.82. The summed E-state index contributed by atoms with van der Waals surface area (Å²) in [7, 11) is 0. The molecule has 1 heterocycles. The maximum Gasteiger partial charge on any atom is 0.0728 e. The van der Waals surface area contributed by atoms with Crippen molar-refractivity contribution in [3.63, 3.8) is 0 Å². The summed E-state index contributed by atoms with van der Waals surface area (Å²) in [5, 5.41) is 0. The van der Waals surface area contributed by atoms with Gasteiger partial charge in [-0.05, 0) is 33.6 Å². The van der Waals surface area contributed by atoms with E-state index < -0.39 is 0 Å². The van der Waals surface area contributed by atoms with Crippen LogP contribution >= 0.6 is 0 Å². The van der Waals surface area contributed by atoms with Crippen LogP contribution in [0.2, 0.25) is 0 Å². The first-order valence-corrected chi connectivity index (χ1v) is 6.34. The molecule has 0 atom stereocenters. The van der Waals surface area contributed by atoms with Gasteiger partial charge in [0.15, 0.2) is 0 Å². The second-order valence-corrected chi connectivity index (χ2v) is 6.29. The van der Waals surface area contributed by atoms with Gasteiger partial charge in [-0.1, -0.05) is 40.7 Å². The van der Waals surface area contributed by atoms with Crippen molar-refractivity contribution < 1.29 is 4.74 Å². The summed E-state index contributed by atoms with van der Waals surface area (Å²) in [5.41, 5.74) is 12.6. The summed E-state index contributed by atoms with van der Waals surface area (Å²) < 4.78 is 5.58. The molecule has 0 unspecified atom stereocenters. The first kappa shape index (κ1) is 12.4. The Hall–Kier alpha value is -1.02. The monoisotopic (exact) mass is 233 g/mol. The van der Waals surface area contributed by atoms with Crippen LogP contribution in [0, 0.1) is 0 Å². The number of benzene rings is 1. The van der Waals surface area contributed by atoms with Crippen LogP contribution in [-0.4, -0.2) is 0 Å². The van der Waals surface area contributed by atoms with E-state index in [2.05, 4.69) is 40.7 Å². The molecule has 2 rings (SSSR count). The molecule has 2 N–H and O–H groups in total. The van der Waals surface area contributed by atoms with Crippen LogP contribution in [0.4, 0.5) is 5.69 Å². The zero-order chi connectivity index (χ0) is 12.8. The number of hydrogen-bond acceptors (Lipinski definition) is 2. The van der Waals surface area contributed by atoms with Gasteiger partial charge in [0.1, 0.15) is 0 Å². The Labute approximate surface area is 104 Å². The van der Waals surface area contributed by atoms with Crippen molar-refractivity contribution in [2.75, 3.05) is 5.73 Å². The normalized spacial score (nSPS) is 15.4. The highest BCUT2D eigenvalue weighted by Crippen LogP contribution is 2.40. The minimum Gasteiger partial charge on any atom is -0.398 e. The number of anilines is 1. The molecule has 0 amide bonds. The fourth-order valence-corrected chi connectivity index (χ4v) is 2.71. The minimum absolute atomic E-state index is 0.0762. The molecular weight excluding hydrogens is 210 g/mol. The van der Waals surface area contributed by atoms with Crippen LogP contribution in [0.15, 0.2) is 6.07 Å². The summed E-state index contributed by atoms with van der Waals surface area (Å²) >= 11 is 0. The number of nitrogen functional groups attached to an aromatic ring is 1. The Kier molecular flexibility index (Phi) is 2.94. The van der Waals surface area contributed by atoms with E-state index in [1.165, 1.54) is 22.3 Å². The Morgan fingerprint density at radius 1 is 1.24 bits per heavy atom. The van der Waals surface area contributed by atoms with E-state index in [0.717, 1.165) is 12.3 Å². The molecule has 0 spiro atoms. The molecule has 0 aliphatic carbocycles. The average molecular weight is 233 g/mol. The van der Waals surface area contributed by atoms with E-state index in [0.29, 0.717) is 12.5 Å². The summed E-state index contributed by atoms with van der Waals surface area (Å²) in [6.45, 7) is 12.5.